The van der Waals surface area contributed by atoms with E-state index in [1.807, 2.05) is 13.0 Å². The molecule has 0 N–H and O–H groups in total. The Labute approximate surface area is 189 Å². The molecule has 0 fully saturated rings. The molecule has 1 aliphatic carbocycles. The number of allylic oxidation sites excluding steroid dienone is 6. The maximum atomic E-state index is 12.7. The molecule has 0 aliphatic heterocycles. The lowest BCUT2D eigenvalue weighted by atomic mass is 9.76. The van der Waals surface area contributed by atoms with Crippen molar-refractivity contribution in [3.63, 3.8) is 0 Å². The summed E-state index contributed by atoms with van der Waals surface area (Å²) in [7, 11) is 4.98. The van der Waals surface area contributed by atoms with Gasteiger partial charge in [0.25, 0.3) is 0 Å². The van der Waals surface area contributed by atoms with Gasteiger partial charge >= 0.3 is 23.9 Å². The van der Waals surface area contributed by atoms with Crippen LogP contribution >= 0.6 is 0 Å². The van der Waals surface area contributed by atoms with Gasteiger partial charge in [0.05, 0.1) is 28.4 Å². The predicted molar refractivity (Wildman–Crippen MR) is 117 cm³/mol. The van der Waals surface area contributed by atoms with Gasteiger partial charge in [0.1, 0.15) is 0 Å². The number of esters is 4. The van der Waals surface area contributed by atoms with Gasteiger partial charge in [-0.3, -0.25) is 19.2 Å². The monoisotopic (exact) mass is 450 g/mol. The second kappa shape index (κ2) is 12.2. The summed E-state index contributed by atoms with van der Waals surface area (Å²) in [6.07, 6.45) is 8.40. The quantitative estimate of drug-likeness (QED) is 0.278. The van der Waals surface area contributed by atoms with Crippen molar-refractivity contribution in [1.29, 1.82) is 0 Å². The van der Waals surface area contributed by atoms with Crippen molar-refractivity contribution in [2.45, 2.75) is 52.4 Å². The van der Waals surface area contributed by atoms with Gasteiger partial charge in [-0.05, 0) is 52.4 Å². The van der Waals surface area contributed by atoms with E-state index in [2.05, 4.69) is 0 Å². The average molecular weight is 451 g/mol. The third-order valence-corrected chi connectivity index (χ3v) is 5.88. The summed E-state index contributed by atoms with van der Waals surface area (Å²) in [4.78, 5) is 50.5. The molecule has 0 radical (unpaired) electrons. The minimum atomic E-state index is -1.46. The molecular formula is C24H34O8. The first-order valence-electron chi connectivity index (χ1n) is 10.4. The normalized spacial score (nSPS) is 23.1. The van der Waals surface area contributed by atoms with E-state index in [-0.39, 0.29) is 25.7 Å². The predicted octanol–water partition coefficient (Wildman–Crippen LogP) is 3.45. The lowest BCUT2D eigenvalue weighted by Crippen LogP contribution is -2.41. The lowest BCUT2D eigenvalue weighted by Gasteiger charge is -2.29. The van der Waals surface area contributed by atoms with Gasteiger partial charge in [0, 0.05) is 0 Å². The summed E-state index contributed by atoms with van der Waals surface area (Å²) in [6, 6.07) is 0. The number of rotatable bonds is 4. The minimum absolute atomic E-state index is 0.0859. The van der Waals surface area contributed by atoms with Crippen LogP contribution in [0.3, 0.4) is 0 Å². The molecule has 32 heavy (non-hydrogen) atoms. The zero-order valence-electron chi connectivity index (χ0n) is 19.8. The summed E-state index contributed by atoms with van der Waals surface area (Å²) in [5, 5.41) is 0. The van der Waals surface area contributed by atoms with Crippen molar-refractivity contribution in [3.05, 3.63) is 35.5 Å². The highest BCUT2D eigenvalue weighted by atomic mass is 16.6. The van der Waals surface area contributed by atoms with E-state index in [0.717, 1.165) is 11.1 Å². The van der Waals surface area contributed by atoms with Crippen LogP contribution < -0.4 is 0 Å². The van der Waals surface area contributed by atoms with Crippen LogP contribution in [0.4, 0.5) is 0 Å². The van der Waals surface area contributed by atoms with Gasteiger partial charge in [0.2, 0.25) is 0 Å². The number of carbonyl (C=O) groups excluding carboxylic acids is 4. The molecule has 0 heterocycles. The highest BCUT2D eigenvalue weighted by Crippen LogP contribution is 2.37. The van der Waals surface area contributed by atoms with Crippen LogP contribution in [0.1, 0.15) is 52.4 Å². The summed E-state index contributed by atoms with van der Waals surface area (Å²) in [5.74, 6) is -2.58. The van der Waals surface area contributed by atoms with E-state index in [9.17, 15) is 19.2 Å². The Bertz CT molecular complexity index is 771. The smallest absolute Gasteiger partial charge is 0.323 e. The SMILES string of the molecule is COC(=O)C1(C(=O)OC)C/C=C/C=C(\C)CC(C(=O)OC)(C(=O)OC)CC/C=C(/C)CC1. The number of ether oxygens (including phenoxy) is 4. The summed E-state index contributed by atoms with van der Waals surface area (Å²) in [5.41, 5.74) is -1.28. The zero-order valence-corrected chi connectivity index (χ0v) is 19.8. The van der Waals surface area contributed by atoms with Crippen molar-refractivity contribution < 1.29 is 38.1 Å². The minimum Gasteiger partial charge on any atom is -0.468 e. The van der Waals surface area contributed by atoms with Gasteiger partial charge in [-0.2, -0.15) is 0 Å². The summed E-state index contributed by atoms with van der Waals surface area (Å²) >= 11 is 0. The highest BCUT2D eigenvalue weighted by molar-refractivity contribution is 6.01. The molecule has 0 spiro atoms. The van der Waals surface area contributed by atoms with Crippen molar-refractivity contribution >= 4 is 23.9 Å². The fourth-order valence-corrected chi connectivity index (χ4v) is 3.97. The summed E-state index contributed by atoms with van der Waals surface area (Å²) < 4.78 is 19.8. The van der Waals surface area contributed by atoms with Crippen molar-refractivity contribution in [2.24, 2.45) is 10.8 Å². The van der Waals surface area contributed by atoms with Crippen molar-refractivity contribution in [2.75, 3.05) is 28.4 Å². The number of methoxy groups -OCH3 is 4. The first-order valence-corrected chi connectivity index (χ1v) is 10.4. The molecule has 0 aromatic carbocycles. The van der Waals surface area contributed by atoms with E-state index in [4.69, 9.17) is 18.9 Å². The highest BCUT2D eigenvalue weighted by Gasteiger charge is 2.48. The van der Waals surface area contributed by atoms with Crippen LogP contribution in [0, 0.1) is 10.8 Å². The largest absolute Gasteiger partial charge is 0.468 e. The van der Waals surface area contributed by atoms with Gasteiger partial charge < -0.3 is 18.9 Å². The first-order chi connectivity index (χ1) is 15.1. The third-order valence-electron chi connectivity index (χ3n) is 5.88. The molecular weight excluding hydrogens is 416 g/mol. The Kier molecular flexibility index (Phi) is 10.4. The van der Waals surface area contributed by atoms with Gasteiger partial charge in [0.15, 0.2) is 10.8 Å². The molecule has 0 bridgehead atoms. The second-order valence-corrected chi connectivity index (χ2v) is 8.04. The van der Waals surface area contributed by atoms with Crippen molar-refractivity contribution in [3.8, 4) is 0 Å². The van der Waals surface area contributed by atoms with Crippen LogP contribution in [0.2, 0.25) is 0 Å². The Balaban J connectivity index is 3.49. The molecule has 0 saturated heterocycles. The fraction of sp³-hybridized carbons (Fsp3) is 0.583. The molecule has 1 rings (SSSR count). The summed E-state index contributed by atoms with van der Waals surface area (Å²) in [6.45, 7) is 3.65. The van der Waals surface area contributed by atoms with E-state index < -0.39 is 34.7 Å². The molecule has 8 heteroatoms. The van der Waals surface area contributed by atoms with Crippen LogP contribution in [0.25, 0.3) is 0 Å². The Hall–Kier alpha value is -2.90. The van der Waals surface area contributed by atoms with Crippen LogP contribution in [0.15, 0.2) is 35.5 Å². The molecule has 178 valence electrons. The Morgan fingerprint density at radius 3 is 1.75 bits per heavy atom. The Morgan fingerprint density at radius 2 is 1.25 bits per heavy atom. The topological polar surface area (TPSA) is 105 Å². The maximum absolute atomic E-state index is 12.7. The number of carbonyl (C=O) groups is 4. The zero-order chi connectivity index (χ0) is 24.4. The van der Waals surface area contributed by atoms with E-state index in [1.165, 1.54) is 28.4 Å². The Morgan fingerprint density at radius 1 is 0.750 bits per heavy atom. The van der Waals surface area contributed by atoms with Crippen LogP contribution in [-0.4, -0.2) is 52.3 Å². The van der Waals surface area contributed by atoms with Gasteiger partial charge in [-0.1, -0.05) is 35.5 Å². The fourth-order valence-electron chi connectivity index (χ4n) is 3.97. The maximum Gasteiger partial charge on any atom is 0.323 e. The third kappa shape index (κ3) is 6.08. The second-order valence-electron chi connectivity index (χ2n) is 8.04. The molecule has 0 atom stereocenters. The molecule has 8 nitrogen and oxygen atoms in total. The van der Waals surface area contributed by atoms with Crippen LogP contribution in [0.5, 0.6) is 0 Å². The molecule has 0 saturated carbocycles. The molecule has 0 amide bonds. The average Bonchev–Trinajstić information content (AvgIpc) is 2.80. The van der Waals surface area contributed by atoms with Crippen LogP contribution in [-0.2, 0) is 38.1 Å². The van der Waals surface area contributed by atoms with E-state index in [0.29, 0.717) is 12.8 Å². The number of hydrogen-bond acceptors (Lipinski definition) is 8. The van der Waals surface area contributed by atoms with E-state index in [1.54, 1.807) is 25.2 Å². The van der Waals surface area contributed by atoms with Gasteiger partial charge in [-0.25, -0.2) is 0 Å². The first kappa shape index (κ1) is 27.1. The standard InChI is InChI=1S/C24H34O8/c1-17-11-9-14-24(21(27)31-5,22(28)32-6)16-18(2)10-7-8-13-23(15-12-17,19(25)29-3)20(26)30-4/h7-8,10-11H,9,12-16H2,1-6H3/b8-7+,17-11-,18-10+. The molecule has 0 unspecified atom stereocenters. The number of hydrogen-bond donors (Lipinski definition) is 0. The molecule has 0 aromatic heterocycles. The van der Waals surface area contributed by atoms with Crippen molar-refractivity contribution in [1.82, 2.24) is 0 Å². The molecule has 0 aromatic rings. The molecule has 1 aliphatic rings. The van der Waals surface area contributed by atoms with E-state index >= 15 is 0 Å². The lowest BCUT2D eigenvalue weighted by molar-refractivity contribution is -0.171. The van der Waals surface area contributed by atoms with Gasteiger partial charge in [-0.15, -0.1) is 0 Å².